The summed E-state index contributed by atoms with van der Waals surface area (Å²) >= 11 is 0. The number of methoxy groups -OCH3 is 2. The number of benzene rings is 1. The molecule has 102 valence electrons. The highest BCUT2D eigenvalue weighted by atomic mass is 16.5. The second-order valence-corrected chi connectivity index (χ2v) is 5.00. The molecule has 5 nitrogen and oxygen atoms in total. The highest BCUT2D eigenvalue weighted by molar-refractivity contribution is 5.92. The molecule has 1 aromatic carbocycles. The van der Waals surface area contributed by atoms with Crippen LogP contribution in [-0.2, 0) is 4.74 Å². The molecule has 1 aromatic rings. The maximum atomic E-state index is 12.0. The van der Waals surface area contributed by atoms with Crippen LogP contribution in [0.25, 0.3) is 0 Å². The summed E-state index contributed by atoms with van der Waals surface area (Å²) in [6.07, 6.45) is -0.323. The number of nitrogens with zero attached hydrogens (tertiary/aromatic N) is 1. The minimum Gasteiger partial charge on any atom is -0.495 e. The number of carbonyl (C=O) groups excluding carboxylic acids is 1. The van der Waals surface area contributed by atoms with Crippen molar-refractivity contribution in [2.24, 2.45) is 5.92 Å². The van der Waals surface area contributed by atoms with Gasteiger partial charge in [-0.25, -0.2) is 4.79 Å². The average molecular weight is 262 g/mol. The van der Waals surface area contributed by atoms with Crippen LogP contribution in [0.15, 0.2) is 18.2 Å². The summed E-state index contributed by atoms with van der Waals surface area (Å²) in [7, 11) is 3.04. The van der Waals surface area contributed by atoms with E-state index in [4.69, 9.17) is 9.47 Å². The molecule has 2 atom stereocenters. The van der Waals surface area contributed by atoms with Crippen molar-refractivity contribution in [3.05, 3.63) is 23.8 Å². The van der Waals surface area contributed by atoms with Gasteiger partial charge in [0.25, 0.3) is 0 Å². The minimum absolute atomic E-state index is 0.323. The Balaban J connectivity index is 2.12. The fraction of sp³-hybridized carbons (Fsp3) is 0.500. The molecule has 3 rings (SSSR count). The zero-order valence-electron chi connectivity index (χ0n) is 11.2. The second kappa shape index (κ2) is 4.74. The standard InChI is InChI=1S/C14H18N2O3/c1-18-12-5-3-4-10-11-7-15-6-9(11)8-16(13(10)12)14(17)19-2/h3-5,9,11,15H,6-8H2,1-2H3/t9-,11-/m1/s1. The molecule has 1 fully saturated rings. The lowest BCUT2D eigenvalue weighted by Gasteiger charge is -2.36. The van der Waals surface area contributed by atoms with E-state index >= 15 is 0 Å². The summed E-state index contributed by atoms with van der Waals surface area (Å²) < 4.78 is 10.3. The molecule has 0 unspecified atom stereocenters. The molecule has 1 N–H and O–H groups in total. The number of amides is 1. The quantitative estimate of drug-likeness (QED) is 0.835. The van der Waals surface area contributed by atoms with Crippen molar-refractivity contribution in [2.45, 2.75) is 5.92 Å². The van der Waals surface area contributed by atoms with Crippen LogP contribution in [0.2, 0.25) is 0 Å². The van der Waals surface area contributed by atoms with E-state index in [2.05, 4.69) is 11.4 Å². The SMILES string of the molecule is COC(=O)N1C[C@H]2CNC[C@H]2c2cccc(OC)c21. The van der Waals surface area contributed by atoms with E-state index in [1.54, 1.807) is 12.0 Å². The van der Waals surface area contributed by atoms with Crippen molar-refractivity contribution in [3.8, 4) is 5.75 Å². The number of ether oxygens (including phenoxy) is 2. The van der Waals surface area contributed by atoms with Crippen LogP contribution in [0.4, 0.5) is 10.5 Å². The van der Waals surface area contributed by atoms with Gasteiger partial charge in [0.2, 0.25) is 0 Å². The van der Waals surface area contributed by atoms with Crippen molar-refractivity contribution >= 4 is 11.8 Å². The van der Waals surface area contributed by atoms with Crippen LogP contribution in [0.3, 0.4) is 0 Å². The van der Waals surface area contributed by atoms with E-state index in [-0.39, 0.29) is 6.09 Å². The van der Waals surface area contributed by atoms with Gasteiger partial charge in [-0.05, 0) is 17.5 Å². The molecule has 5 heteroatoms. The smallest absolute Gasteiger partial charge is 0.414 e. The number of para-hydroxylation sites is 1. The lowest BCUT2D eigenvalue weighted by Crippen LogP contribution is -2.41. The number of rotatable bonds is 1. The first kappa shape index (κ1) is 12.3. The maximum absolute atomic E-state index is 12.0. The number of hydrogen-bond donors (Lipinski definition) is 1. The van der Waals surface area contributed by atoms with Gasteiger partial charge in [-0.1, -0.05) is 12.1 Å². The van der Waals surface area contributed by atoms with Crippen LogP contribution in [0.1, 0.15) is 11.5 Å². The Morgan fingerprint density at radius 2 is 2.21 bits per heavy atom. The van der Waals surface area contributed by atoms with Gasteiger partial charge < -0.3 is 14.8 Å². The van der Waals surface area contributed by atoms with Crippen molar-refractivity contribution in [1.82, 2.24) is 5.32 Å². The Hall–Kier alpha value is -1.75. The van der Waals surface area contributed by atoms with E-state index in [1.165, 1.54) is 12.7 Å². The highest BCUT2D eigenvalue weighted by Crippen LogP contribution is 2.45. The summed E-state index contributed by atoms with van der Waals surface area (Å²) in [5, 5.41) is 3.40. The van der Waals surface area contributed by atoms with Gasteiger partial charge in [0.1, 0.15) is 5.75 Å². The molecule has 2 aliphatic rings. The van der Waals surface area contributed by atoms with E-state index in [1.807, 2.05) is 12.1 Å². The Labute approximate surface area is 112 Å². The summed E-state index contributed by atoms with van der Waals surface area (Å²) in [4.78, 5) is 13.7. The van der Waals surface area contributed by atoms with E-state index in [0.717, 1.165) is 24.5 Å². The first-order valence-corrected chi connectivity index (χ1v) is 6.49. The molecule has 2 aliphatic heterocycles. The highest BCUT2D eigenvalue weighted by Gasteiger charge is 2.40. The molecule has 0 bridgehead atoms. The number of hydrogen-bond acceptors (Lipinski definition) is 4. The molecular weight excluding hydrogens is 244 g/mol. The van der Waals surface area contributed by atoms with Crippen LogP contribution in [0, 0.1) is 5.92 Å². The van der Waals surface area contributed by atoms with E-state index < -0.39 is 0 Å². The normalized spacial score (nSPS) is 24.6. The lowest BCUT2D eigenvalue weighted by molar-refractivity contribution is 0.176. The maximum Gasteiger partial charge on any atom is 0.414 e. The van der Waals surface area contributed by atoms with Crippen LogP contribution in [0.5, 0.6) is 5.75 Å². The zero-order chi connectivity index (χ0) is 13.4. The Bertz CT molecular complexity index is 503. The van der Waals surface area contributed by atoms with Gasteiger partial charge in [0.15, 0.2) is 0 Å². The molecule has 2 heterocycles. The molecular formula is C14H18N2O3. The van der Waals surface area contributed by atoms with Gasteiger partial charge >= 0.3 is 6.09 Å². The number of nitrogens with one attached hydrogen (secondary N) is 1. The number of anilines is 1. The summed E-state index contributed by atoms with van der Waals surface area (Å²) in [5.41, 5.74) is 2.04. The van der Waals surface area contributed by atoms with E-state index in [0.29, 0.717) is 18.4 Å². The third-order valence-corrected chi connectivity index (χ3v) is 4.07. The van der Waals surface area contributed by atoms with Gasteiger partial charge in [-0.2, -0.15) is 0 Å². The summed E-state index contributed by atoms with van der Waals surface area (Å²) in [6.45, 7) is 2.58. The molecule has 1 saturated heterocycles. The first-order chi connectivity index (χ1) is 9.26. The van der Waals surface area contributed by atoms with Gasteiger partial charge in [-0.3, -0.25) is 4.90 Å². The van der Waals surface area contributed by atoms with Crippen molar-refractivity contribution in [2.75, 3.05) is 38.8 Å². The molecule has 0 aliphatic carbocycles. The molecule has 0 spiro atoms. The predicted molar refractivity (Wildman–Crippen MR) is 71.8 cm³/mol. The van der Waals surface area contributed by atoms with Crippen molar-refractivity contribution < 1.29 is 14.3 Å². The first-order valence-electron chi connectivity index (χ1n) is 6.49. The van der Waals surface area contributed by atoms with Gasteiger partial charge in [0, 0.05) is 25.6 Å². The van der Waals surface area contributed by atoms with Crippen LogP contribution in [-0.4, -0.2) is 39.9 Å². The summed E-state index contributed by atoms with van der Waals surface area (Å²) in [5.74, 6) is 1.62. The molecule has 0 aromatic heterocycles. The zero-order valence-corrected chi connectivity index (χ0v) is 11.2. The molecule has 0 radical (unpaired) electrons. The van der Waals surface area contributed by atoms with E-state index in [9.17, 15) is 4.79 Å². The van der Waals surface area contributed by atoms with Crippen molar-refractivity contribution in [1.29, 1.82) is 0 Å². The monoisotopic (exact) mass is 262 g/mol. The Kier molecular flexibility index (Phi) is 3.06. The third-order valence-electron chi connectivity index (χ3n) is 4.07. The van der Waals surface area contributed by atoms with Crippen LogP contribution < -0.4 is 15.0 Å². The summed E-state index contributed by atoms with van der Waals surface area (Å²) in [6, 6.07) is 5.95. The molecule has 1 amide bonds. The van der Waals surface area contributed by atoms with Gasteiger partial charge in [-0.15, -0.1) is 0 Å². The predicted octanol–water partition coefficient (Wildman–Crippen LogP) is 1.58. The topological polar surface area (TPSA) is 50.8 Å². The average Bonchev–Trinajstić information content (AvgIpc) is 2.93. The van der Waals surface area contributed by atoms with Crippen LogP contribution >= 0.6 is 0 Å². The number of carbonyl (C=O) groups is 1. The van der Waals surface area contributed by atoms with Gasteiger partial charge in [0.05, 0.1) is 19.9 Å². The minimum atomic E-state index is -0.323. The fourth-order valence-corrected chi connectivity index (χ4v) is 3.18. The lowest BCUT2D eigenvalue weighted by atomic mass is 9.83. The molecule has 19 heavy (non-hydrogen) atoms. The third kappa shape index (κ3) is 1.85. The number of fused-ring (bicyclic) bond motifs is 3. The fourth-order valence-electron chi connectivity index (χ4n) is 3.18. The van der Waals surface area contributed by atoms with Crippen molar-refractivity contribution in [3.63, 3.8) is 0 Å². The molecule has 0 saturated carbocycles. The largest absolute Gasteiger partial charge is 0.495 e. The Morgan fingerprint density at radius 3 is 2.95 bits per heavy atom. The Morgan fingerprint density at radius 1 is 1.37 bits per heavy atom. The second-order valence-electron chi connectivity index (χ2n) is 5.00.